The number of nitrogens with one attached hydrogen (secondary N) is 1. The molecule has 1 aromatic heterocycles. The lowest BCUT2D eigenvalue weighted by molar-refractivity contribution is -0.0183. The van der Waals surface area contributed by atoms with Crippen LogP contribution in [0.5, 0.6) is 0 Å². The van der Waals surface area contributed by atoms with Crippen molar-refractivity contribution in [1.29, 1.82) is 0 Å². The van der Waals surface area contributed by atoms with E-state index >= 15 is 0 Å². The van der Waals surface area contributed by atoms with Gasteiger partial charge in [-0.1, -0.05) is 6.07 Å². The summed E-state index contributed by atoms with van der Waals surface area (Å²) >= 11 is 6.13. The molecule has 5 atom stereocenters. The van der Waals surface area contributed by atoms with Gasteiger partial charge < -0.3 is 39.1 Å². The first kappa shape index (κ1) is 25.9. The van der Waals surface area contributed by atoms with Gasteiger partial charge in [0.05, 0.1) is 30.9 Å². The maximum Gasteiger partial charge on any atom is 0.340 e. The van der Waals surface area contributed by atoms with Crippen molar-refractivity contribution in [1.82, 2.24) is 9.97 Å². The average Bonchev–Trinajstić information content (AvgIpc) is 3.38. The number of halogens is 1. The van der Waals surface area contributed by atoms with Gasteiger partial charge in [0.25, 0.3) is 0 Å². The Hall–Kier alpha value is -1.17. The Labute approximate surface area is 200 Å². The highest BCUT2D eigenvalue weighted by Crippen LogP contribution is 2.55. The van der Waals surface area contributed by atoms with Crippen molar-refractivity contribution in [3.05, 3.63) is 29.0 Å². The van der Waals surface area contributed by atoms with Gasteiger partial charge in [0.15, 0.2) is 5.90 Å². The number of rotatable bonds is 9. The highest BCUT2D eigenvalue weighted by Gasteiger charge is 2.38. The molecule has 188 valence electrons. The number of aliphatic hydroxyl groups is 1. The van der Waals surface area contributed by atoms with E-state index in [4.69, 9.17) is 35.4 Å². The van der Waals surface area contributed by atoms with E-state index in [1.54, 1.807) is 6.07 Å². The number of aliphatic hydroxyl groups excluding tert-OH is 1. The summed E-state index contributed by atoms with van der Waals surface area (Å²) < 4.78 is 38.8. The summed E-state index contributed by atoms with van der Waals surface area (Å²) in [5.74, 6) is -0.302. The van der Waals surface area contributed by atoms with Crippen LogP contribution in [-0.4, -0.2) is 74.2 Å². The minimum atomic E-state index is -4.74. The second kappa shape index (κ2) is 10.4. The first-order valence-electron chi connectivity index (χ1n) is 10.6. The van der Waals surface area contributed by atoms with E-state index in [2.05, 4.69) is 15.3 Å². The number of aromatic nitrogens is 2. The topological polar surface area (TPSA) is 181 Å². The van der Waals surface area contributed by atoms with Gasteiger partial charge in [-0.05, 0) is 35.7 Å². The predicted molar refractivity (Wildman–Crippen MR) is 123 cm³/mol. The third-order valence-electron chi connectivity index (χ3n) is 5.67. The predicted octanol–water partition coefficient (Wildman–Crippen LogP) is 2.26. The van der Waals surface area contributed by atoms with Gasteiger partial charge in [-0.3, -0.25) is 9.13 Å². The highest BCUT2D eigenvalue weighted by atomic mass is 35.5. The molecular formula is C19H26ClN3O9P2. The van der Waals surface area contributed by atoms with Gasteiger partial charge in [0.2, 0.25) is 5.28 Å². The van der Waals surface area contributed by atoms with Crippen molar-refractivity contribution in [2.45, 2.75) is 31.2 Å². The number of benzene rings is 1. The molecule has 34 heavy (non-hydrogen) atoms. The number of nitrogens with zero attached hydrogens (tertiary/aromatic N) is 2. The van der Waals surface area contributed by atoms with Gasteiger partial charge >= 0.3 is 15.2 Å². The molecule has 0 saturated carbocycles. The van der Waals surface area contributed by atoms with Crippen LogP contribution in [0.15, 0.2) is 18.2 Å². The van der Waals surface area contributed by atoms with E-state index < -0.39 is 46.0 Å². The molecule has 2 fully saturated rings. The average molecular weight is 538 g/mol. The third-order valence-corrected chi connectivity index (χ3v) is 9.30. The van der Waals surface area contributed by atoms with E-state index in [0.717, 1.165) is 18.4 Å². The standard InChI is InChI=1S/C19H26ClN3O9P2/c20-19-22-14-5-12(1-2-13(14)18(23-19)21-7-11-3-4-30-8-11)16-6-15(24)17(32-16)9-31-34(28,29)10-33(25,26)27/h1-2,5,11,15-17,24H,3-4,6-10H2,(H,28,29)(H,21,22,23)(H2,25,26,27)/t11?,15-,16+,17+/m0/s1. The SMILES string of the molecule is O=P(O)(O)CP(=O)(O)OC[C@H]1O[C@@H](c2ccc3c(NCC4CCOC4)nc(Cl)nc3c2)C[C@@H]1O. The van der Waals surface area contributed by atoms with Crippen LogP contribution in [0.1, 0.15) is 24.5 Å². The van der Waals surface area contributed by atoms with Gasteiger partial charge in [-0.15, -0.1) is 0 Å². The Bertz CT molecular complexity index is 1130. The summed E-state index contributed by atoms with van der Waals surface area (Å²) in [6.45, 7) is 1.65. The summed E-state index contributed by atoms with van der Waals surface area (Å²) in [6.07, 6.45) is -1.33. The summed E-state index contributed by atoms with van der Waals surface area (Å²) in [5, 5.41) is 14.5. The molecule has 1 aromatic carbocycles. The van der Waals surface area contributed by atoms with E-state index in [9.17, 15) is 19.1 Å². The number of anilines is 1. The molecule has 2 aliphatic heterocycles. The van der Waals surface area contributed by atoms with Gasteiger partial charge in [-0.2, -0.15) is 0 Å². The molecule has 4 rings (SSSR count). The molecule has 2 aromatic rings. The molecule has 0 bridgehead atoms. The smallest absolute Gasteiger partial charge is 0.340 e. The molecule has 2 unspecified atom stereocenters. The van der Waals surface area contributed by atoms with Gasteiger partial charge in [-0.25, -0.2) is 9.97 Å². The van der Waals surface area contributed by atoms with Crippen LogP contribution in [-0.2, 0) is 23.1 Å². The number of hydrogen-bond donors (Lipinski definition) is 5. The summed E-state index contributed by atoms with van der Waals surface area (Å²) in [4.78, 5) is 36.0. The van der Waals surface area contributed by atoms with Crippen LogP contribution in [0.4, 0.5) is 5.82 Å². The van der Waals surface area contributed by atoms with Crippen LogP contribution < -0.4 is 5.32 Å². The zero-order chi connectivity index (χ0) is 24.5. The molecule has 0 aliphatic carbocycles. The van der Waals surface area contributed by atoms with E-state index in [1.165, 1.54) is 0 Å². The lowest BCUT2D eigenvalue weighted by Gasteiger charge is -2.18. The first-order chi connectivity index (χ1) is 16.0. The fourth-order valence-electron chi connectivity index (χ4n) is 4.00. The van der Waals surface area contributed by atoms with E-state index in [0.29, 0.717) is 36.0 Å². The Balaban J connectivity index is 1.44. The summed E-state index contributed by atoms with van der Waals surface area (Å²) in [5.41, 5.74) is 1.29. The van der Waals surface area contributed by atoms with Gasteiger partial charge in [0.1, 0.15) is 11.9 Å². The van der Waals surface area contributed by atoms with Crippen LogP contribution in [0.2, 0.25) is 5.28 Å². The maximum absolute atomic E-state index is 11.9. The van der Waals surface area contributed by atoms with Crippen molar-refractivity contribution >= 4 is 43.5 Å². The second-order valence-electron chi connectivity index (χ2n) is 8.43. The molecule has 12 nitrogen and oxygen atoms in total. The van der Waals surface area contributed by atoms with E-state index in [-0.39, 0.29) is 11.7 Å². The molecule has 2 aliphatic rings. The molecule has 0 spiro atoms. The third kappa shape index (κ3) is 6.73. The minimum Gasteiger partial charge on any atom is -0.390 e. The second-order valence-corrected chi connectivity index (χ2v) is 12.8. The quantitative estimate of drug-likeness (QED) is 0.233. The van der Waals surface area contributed by atoms with Crippen molar-refractivity contribution in [3.8, 4) is 0 Å². The van der Waals surface area contributed by atoms with Crippen LogP contribution in [0.3, 0.4) is 0 Å². The maximum atomic E-state index is 11.9. The first-order valence-corrected chi connectivity index (χ1v) is 14.6. The van der Waals surface area contributed by atoms with Crippen molar-refractivity contribution < 1.29 is 42.9 Å². The molecule has 0 radical (unpaired) electrons. The van der Waals surface area contributed by atoms with Crippen molar-refractivity contribution in [2.75, 3.05) is 37.6 Å². The molecule has 2 saturated heterocycles. The van der Waals surface area contributed by atoms with E-state index in [1.807, 2.05) is 12.1 Å². The van der Waals surface area contributed by atoms with Crippen molar-refractivity contribution in [3.63, 3.8) is 0 Å². The van der Waals surface area contributed by atoms with Crippen LogP contribution in [0, 0.1) is 5.92 Å². The highest BCUT2D eigenvalue weighted by molar-refractivity contribution is 7.70. The lowest BCUT2D eigenvalue weighted by Crippen LogP contribution is -2.26. The van der Waals surface area contributed by atoms with Gasteiger partial charge in [0, 0.05) is 30.9 Å². The zero-order valence-electron chi connectivity index (χ0n) is 18.0. The normalized spacial score (nSPS) is 27.2. The number of fused-ring (bicyclic) bond motifs is 1. The molecular weight excluding hydrogens is 512 g/mol. The van der Waals surface area contributed by atoms with Crippen LogP contribution >= 0.6 is 26.8 Å². The fourth-order valence-corrected chi connectivity index (χ4v) is 6.74. The van der Waals surface area contributed by atoms with Crippen molar-refractivity contribution in [2.24, 2.45) is 5.92 Å². The Morgan fingerprint density at radius 3 is 2.74 bits per heavy atom. The Morgan fingerprint density at radius 1 is 1.24 bits per heavy atom. The Kier molecular flexibility index (Phi) is 7.96. The number of ether oxygens (including phenoxy) is 2. The number of hydrogen-bond acceptors (Lipinski definition) is 9. The molecule has 3 heterocycles. The summed E-state index contributed by atoms with van der Waals surface area (Å²) in [6, 6.07) is 5.42. The summed E-state index contributed by atoms with van der Waals surface area (Å²) in [7, 11) is -9.29. The fraction of sp³-hybridized carbons (Fsp3) is 0.579. The molecule has 15 heteroatoms. The zero-order valence-corrected chi connectivity index (χ0v) is 20.5. The minimum absolute atomic E-state index is 0.0808. The largest absolute Gasteiger partial charge is 0.390 e. The Morgan fingerprint density at radius 2 is 2.03 bits per heavy atom. The van der Waals surface area contributed by atoms with Crippen LogP contribution in [0.25, 0.3) is 10.9 Å². The molecule has 0 amide bonds. The lowest BCUT2D eigenvalue weighted by atomic mass is 10.0. The molecule has 5 N–H and O–H groups in total. The monoisotopic (exact) mass is 537 g/mol.